The summed E-state index contributed by atoms with van der Waals surface area (Å²) in [6, 6.07) is 5.96. The van der Waals surface area contributed by atoms with Crippen molar-refractivity contribution < 1.29 is 9.53 Å². The second kappa shape index (κ2) is 8.21. The lowest BCUT2D eigenvalue weighted by molar-refractivity contribution is -0.122. The van der Waals surface area contributed by atoms with Gasteiger partial charge in [0.2, 0.25) is 5.91 Å². The van der Waals surface area contributed by atoms with Crippen molar-refractivity contribution in [2.75, 3.05) is 11.9 Å². The molecule has 144 valence electrons. The number of carbonyl (C=O) groups is 1. The van der Waals surface area contributed by atoms with E-state index in [0.29, 0.717) is 0 Å². The standard InChI is InChI=1S/C21H28N4O2/c1-15-17(21-24-23-19-12-3-2-6-13-25(19)21)10-7-11-18(15)22-20(26)14-27-16-8-4-5-9-16/h7,10-11,16H,2-6,8-9,12-14H2,1H3,(H,22,26). The third-order valence-corrected chi connectivity index (χ3v) is 5.71. The number of ether oxygens (including phenoxy) is 1. The van der Waals surface area contributed by atoms with Gasteiger partial charge in [-0.25, -0.2) is 0 Å². The molecule has 0 unspecified atom stereocenters. The summed E-state index contributed by atoms with van der Waals surface area (Å²) in [6.07, 6.45) is 9.35. The Labute approximate surface area is 160 Å². The summed E-state index contributed by atoms with van der Waals surface area (Å²) in [7, 11) is 0. The molecular formula is C21H28N4O2. The van der Waals surface area contributed by atoms with Gasteiger partial charge in [0, 0.05) is 24.2 Å². The predicted octanol–water partition coefficient (Wildman–Crippen LogP) is 3.88. The van der Waals surface area contributed by atoms with Crippen molar-refractivity contribution in [3.63, 3.8) is 0 Å². The third-order valence-electron chi connectivity index (χ3n) is 5.71. The van der Waals surface area contributed by atoms with Gasteiger partial charge in [0.25, 0.3) is 0 Å². The second-order valence-electron chi connectivity index (χ2n) is 7.65. The molecule has 6 heteroatoms. The average molecular weight is 368 g/mol. The SMILES string of the molecule is Cc1c(NC(=O)COC2CCCC2)cccc1-c1nnc2n1CCCCC2. The van der Waals surface area contributed by atoms with Gasteiger partial charge in [-0.05, 0) is 44.2 Å². The summed E-state index contributed by atoms with van der Waals surface area (Å²) >= 11 is 0. The molecule has 1 fully saturated rings. The summed E-state index contributed by atoms with van der Waals surface area (Å²) in [5.41, 5.74) is 2.87. The van der Waals surface area contributed by atoms with Gasteiger partial charge in [0.15, 0.2) is 5.82 Å². The number of carbonyl (C=O) groups excluding carboxylic acids is 1. The topological polar surface area (TPSA) is 69.0 Å². The Bertz CT molecular complexity index is 809. The van der Waals surface area contributed by atoms with Crippen LogP contribution in [0, 0.1) is 6.92 Å². The molecule has 27 heavy (non-hydrogen) atoms. The minimum atomic E-state index is -0.0952. The maximum atomic E-state index is 12.3. The van der Waals surface area contributed by atoms with E-state index in [-0.39, 0.29) is 18.6 Å². The van der Waals surface area contributed by atoms with Crippen LogP contribution in [-0.2, 0) is 22.5 Å². The number of hydrogen-bond acceptors (Lipinski definition) is 4. The molecule has 1 aromatic carbocycles. The lowest BCUT2D eigenvalue weighted by Gasteiger charge is -2.15. The zero-order chi connectivity index (χ0) is 18.6. The first-order valence-electron chi connectivity index (χ1n) is 10.2. The fourth-order valence-corrected chi connectivity index (χ4v) is 4.13. The van der Waals surface area contributed by atoms with E-state index in [1.54, 1.807) is 0 Å². The Kier molecular flexibility index (Phi) is 5.53. The highest BCUT2D eigenvalue weighted by Crippen LogP contribution is 2.29. The number of hydrogen-bond donors (Lipinski definition) is 1. The molecule has 1 aliphatic carbocycles. The molecule has 1 saturated carbocycles. The number of rotatable bonds is 5. The van der Waals surface area contributed by atoms with E-state index < -0.39 is 0 Å². The van der Waals surface area contributed by atoms with Gasteiger partial charge in [-0.3, -0.25) is 4.79 Å². The molecule has 4 rings (SSSR count). The van der Waals surface area contributed by atoms with Crippen LogP contribution >= 0.6 is 0 Å². The van der Waals surface area contributed by atoms with Gasteiger partial charge in [-0.1, -0.05) is 31.4 Å². The fourth-order valence-electron chi connectivity index (χ4n) is 4.13. The number of anilines is 1. The zero-order valence-corrected chi connectivity index (χ0v) is 16.0. The number of amides is 1. The molecule has 0 spiro atoms. The van der Waals surface area contributed by atoms with Crippen molar-refractivity contribution in [1.82, 2.24) is 14.8 Å². The number of fused-ring (bicyclic) bond motifs is 1. The summed E-state index contributed by atoms with van der Waals surface area (Å²) in [5.74, 6) is 1.88. The quantitative estimate of drug-likeness (QED) is 0.870. The molecular weight excluding hydrogens is 340 g/mol. The van der Waals surface area contributed by atoms with Crippen molar-refractivity contribution in [3.05, 3.63) is 29.6 Å². The summed E-state index contributed by atoms with van der Waals surface area (Å²) in [5, 5.41) is 11.9. The van der Waals surface area contributed by atoms with Crippen LogP contribution in [0.3, 0.4) is 0 Å². The highest BCUT2D eigenvalue weighted by atomic mass is 16.5. The Morgan fingerprint density at radius 1 is 1.19 bits per heavy atom. The minimum Gasteiger partial charge on any atom is -0.368 e. The van der Waals surface area contributed by atoms with E-state index in [2.05, 4.69) is 26.1 Å². The molecule has 2 aliphatic rings. The number of nitrogens with zero attached hydrogens (tertiary/aromatic N) is 3. The number of aryl methyl sites for hydroxylation is 1. The first-order chi connectivity index (χ1) is 13.2. The fraction of sp³-hybridized carbons (Fsp3) is 0.571. The van der Waals surface area contributed by atoms with E-state index >= 15 is 0 Å². The third kappa shape index (κ3) is 4.05. The number of nitrogens with one attached hydrogen (secondary N) is 1. The zero-order valence-electron chi connectivity index (χ0n) is 16.0. The molecule has 1 aromatic heterocycles. The molecule has 0 saturated heterocycles. The van der Waals surface area contributed by atoms with Crippen LogP contribution in [0.2, 0.25) is 0 Å². The highest BCUT2D eigenvalue weighted by Gasteiger charge is 2.20. The smallest absolute Gasteiger partial charge is 0.250 e. The van der Waals surface area contributed by atoms with Gasteiger partial charge in [-0.2, -0.15) is 0 Å². The molecule has 1 aliphatic heterocycles. The molecule has 0 radical (unpaired) electrons. The van der Waals surface area contributed by atoms with E-state index in [0.717, 1.165) is 60.7 Å². The van der Waals surface area contributed by atoms with Gasteiger partial charge in [0.05, 0.1) is 6.10 Å². The molecule has 2 aromatic rings. The van der Waals surface area contributed by atoms with E-state index in [1.807, 2.05) is 19.1 Å². The van der Waals surface area contributed by atoms with Crippen LogP contribution in [0.25, 0.3) is 11.4 Å². The monoisotopic (exact) mass is 368 g/mol. The average Bonchev–Trinajstić information content (AvgIpc) is 3.27. The summed E-state index contributed by atoms with van der Waals surface area (Å²) in [4.78, 5) is 12.3. The molecule has 6 nitrogen and oxygen atoms in total. The largest absolute Gasteiger partial charge is 0.368 e. The maximum absolute atomic E-state index is 12.3. The Balaban J connectivity index is 1.49. The van der Waals surface area contributed by atoms with Gasteiger partial charge < -0.3 is 14.6 Å². The van der Waals surface area contributed by atoms with Crippen LogP contribution < -0.4 is 5.32 Å². The summed E-state index contributed by atoms with van der Waals surface area (Å²) < 4.78 is 7.97. The number of aromatic nitrogens is 3. The first kappa shape index (κ1) is 18.2. The van der Waals surface area contributed by atoms with Crippen molar-refractivity contribution in [2.45, 2.75) is 70.9 Å². The molecule has 1 amide bonds. The number of benzene rings is 1. The van der Waals surface area contributed by atoms with Crippen LogP contribution in [0.15, 0.2) is 18.2 Å². The van der Waals surface area contributed by atoms with Crippen LogP contribution in [0.1, 0.15) is 56.3 Å². The Hall–Kier alpha value is -2.21. The molecule has 1 N–H and O–H groups in total. The van der Waals surface area contributed by atoms with E-state index in [1.165, 1.54) is 25.7 Å². The molecule has 2 heterocycles. The first-order valence-corrected chi connectivity index (χ1v) is 10.2. The van der Waals surface area contributed by atoms with Gasteiger partial charge >= 0.3 is 0 Å². The van der Waals surface area contributed by atoms with Crippen molar-refractivity contribution in [2.24, 2.45) is 0 Å². The van der Waals surface area contributed by atoms with Crippen molar-refractivity contribution in [1.29, 1.82) is 0 Å². The lowest BCUT2D eigenvalue weighted by Crippen LogP contribution is -2.22. The lowest BCUT2D eigenvalue weighted by atomic mass is 10.1. The maximum Gasteiger partial charge on any atom is 0.250 e. The van der Waals surface area contributed by atoms with E-state index in [9.17, 15) is 4.79 Å². The Morgan fingerprint density at radius 2 is 2.04 bits per heavy atom. The highest BCUT2D eigenvalue weighted by molar-refractivity contribution is 5.93. The van der Waals surface area contributed by atoms with Crippen LogP contribution in [-0.4, -0.2) is 33.4 Å². The second-order valence-corrected chi connectivity index (χ2v) is 7.65. The van der Waals surface area contributed by atoms with Crippen molar-refractivity contribution >= 4 is 11.6 Å². The van der Waals surface area contributed by atoms with Gasteiger partial charge in [-0.15, -0.1) is 10.2 Å². The molecule has 0 atom stereocenters. The minimum absolute atomic E-state index is 0.0952. The van der Waals surface area contributed by atoms with Crippen molar-refractivity contribution in [3.8, 4) is 11.4 Å². The van der Waals surface area contributed by atoms with Gasteiger partial charge in [0.1, 0.15) is 12.4 Å². The summed E-state index contributed by atoms with van der Waals surface area (Å²) in [6.45, 7) is 3.11. The van der Waals surface area contributed by atoms with E-state index in [4.69, 9.17) is 4.74 Å². The van der Waals surface area contributed by atoms with Crippen LogP contribution in [0.4, 0.5) is 5.69 Å². The predicted molar refractivity (Wildman–Crippen MR) is 105 cm³/mol. The molecule has 0 bridgehead atoms. The normalized spacial score (nSPS) is 17.5. The van der Waals surface area contributed by atoms with Crippen LogP contribution in [0.5, 0.6) is 0 Å². The Morgan fingerprint density at radius 3 is 2.89 bits per heavy atom.